The number of nitrogens with one attached hydrogen (secondary N) is 1. The first-order chi connectivity index (χ1) is 15.2. The summed E-state index contributed by atoms with van der Waals surface area (Å²) >= 11 is 0. The molecule has 3 N–H and O–H groups in total. The summed E-state index contributed by atoms with van der Waals surface area (Å²) in [6.07, 6.45) is 0.919. The topological polar surface area (TPSA) is 69.7 Å². The van der Waals surface area contributed by atoms with Gasteiger partial charge in [-0.2, -0.15) is 0 Å². The lowest BCUT2D eigenvalue weighted by Crippen LogP contribution is -3.16. The van der Waals surface area contributed by atoms with Gasteiger partial charge in [0, 0.05) is 22.6 Å². The van der Waals surface area contributed by atoms with Gasteiger partial charge in [0.05, 0.1) is 20.3 Å². The Morgan fingerprint density at radius 2 is 1.87 bits per heavy atom. The molecule has 1 aromatic heterocycles. The number of nitrogens with two attached hydrogens (primary N) is 1. The van der Waals surface area contributed by atoms with E-state index in [1.807, 2.05) is 18.2 Å². The van der Waals surface area contributed by atoms with Crippen LogP contribution < -0.4 is 20.6 Å². The van der Waals surface area contributed by atoms with Gasteiger partial charge in [-0.05, 0) is 42.3 Å². The molecule has 3 aromatic rings. The quantitative estimate of drug-likeness (QED) is 0.531. The highest BCUT2D eigenvalue weighted by Crippen LogP contribution is 2.19. The molecule has 0 unspecified atom stereocenters. The Labute approximate surface area is 182 Å². The molecule has 31 heavy (non-hydrogen) atoms. The number of aryl methyl sites for hydroxylation is 1. The fraction of sp³-hybridized carbons (Fsp3) is 0.400. The van der Waals surface area contributed by atoms with Crippen LogP contribution in [0.5, 0.6) is 5.75 Å². The van der Waals surface area contributed by atoms with Crippen LogP contribution >= 0.6 is 0 Å². The van der Waals surface area contributed by atoms with Crippen molar-refractivity contribution < 1.29 is 24.1 Å². The molecule has 0 radical (unpaired) electrons. The summed E-state index contributed by atoms with van der Waals surface area (Å²) in [5, 5.41) is 3.33. The molecule has 6 nitrogen and oxygen atoms in total. The average Bonchev–Trinajstić information content (AvgIpc) is 2.82. The second-order valence-electron chi connectivity index (χ2n) is 8.10. The smallest absolute Gasteiger partial charge is 0.336 e. The van der Waals surface area contributed by atoms with Gasteiger partial charge in [-0.15, -0.1) is 0 Å². The van der Waals surface area contributed by atoms with Crippen molar-refractivity contribution in [3.05, 3.63) is 75.6 Å². The number of morpholine rings is 1. The van der Waals surface area contributed by atoms with E-state index in [9.17, 15) is 4.79 Å². The van der Waals surface area contributed by atoms with Crippen molar-refractivity contribution in [1.29, 1.82) is 0 Å². The van der Waals surface area contributed by atoms with Crippen molar-refractivity contribution in [1.82, 2.24) is 0 Å². The molecule has 0 saturated carbocycles. The Kier molecular flexibility index (Phi) is 7.02. The largest absolute Gasteiger partial charge is 0.497 e. The first-order valence-corrected chi connectivity index (χ1v) is 11.1. The molecule has 0 spiro atoms. The predicted octanol–water partition coefficient (Wildman–Crippen LogP) is 1.08. The number of benzene rings is 2. The van der Waals surface area contributed by atoms with Crippen LogP contribution in [-0.4, -0.2) is 40.0 Å². The number of methoxy groups -OCH3 is 1. The summed E-state index contributed by atoms with van der Waals surface area (Å²) in [5.41, 5.74) is 3.90. The van der Waals surface area contributed by atoms with E-state index < -0.39 is 0 Å². The highest BCUT2D eigenvalue weighted by Gasteiger charge is 2.28. The number of rotatable bonds is 8. The summed E-state index contributed by atoms with van der Waals surface area (Å²) in [6.45, 7) is 7.37. The van der Waals surface area contributed by atoms with Gasteiger partial charge in [0.15, 0.2) is 6.04 Å². The van der Waals surface area contributed by atoms with E-state index in [0.29, 0.717) is 11.6 Å². The second kappa shape index (κ2) is 10.1. The first-order valence-electron chi connectivity index (χ1n) is 11.1. The van der Waals surface area contributed by atoms with Crippen LogP contribution in [0.4, 0.5) is 0 Å². The predicted molar refractivity (Wildman–Crippen MR) is 120 cm³/mol. The zero-order valence-corrected chi connectivity index (χ0v) is 18.4. The van der Waals surface area contributed by atoms with Crippen LogP contribution in [0.1, 0.15) is 29.7 Å². The van der Waals surface area contributed by atoms with E-state index in [1.54, 1.807) is 13.2 Å². The zero-order valence-electron chi connectivity index (χ0n) is 18.4. The van der Waals surface area contributed by atoms with Crippen LogP contribution in [0.25, 0.3) is 11.0 Å². The minimum Gasteiger partial charge on any atom is -0.497 e. The molecule has 1 atom stereocenters. The van der Waals surface area contributed by atoms with Crippen LogP contribution in [-0.2, 0) is 17.7 Å². The summed E-state index contributed by atoms with van der Waals surface area (Å²) in [6, 6.07) is 16.6. The van der Waals surface area contributed by atoms with Crippen molar-refractivity contribution in [2.75, 3.05) is 40.0 Å². The van der Waals surface area contributed by atoms with E-state index in [2.05, 4.69) is 36.5 Å². The van der Waals surface area contributed by atoms with Crippen molar-refractivity contribution in [3.8, 4) is 5.75 Å². The number of hydrogen-bond donors (Lipinski definition) is 2. The number of ether oxygens (including phenoxy) is 2. The van der Waals surface area contributed by atoms with Crippen molar-refractivity contribution >= 4 is 11.0 Å². The third kappa shape index (κ3) is 5.15. The second-order valence-corrected chi connectivity index (χ2v) is 8.10. The molecule has 6 heteroatoms. The number of fused-ring (bicyclic) bond motifs is 1. The molecule has 4 rings (SSSR count). The summed E-state index contributed by atoms with van der Waals surface area (Å²) < 4.78 is 16.4. The Hall–Kier alpha value is -2.67. The van der Waals surface area contributed by atoms with Gasteiger partial charge in [0.25, 0.3) is 0 Å². The lowest BCUT2D eigenvalue weighted by atomic mass is 10.0. The average molecular weight is 425 g/mol. The SMILES string of the molecule is CCc1ccc2c(C[NH2+]C[C@H](c3ccc(OC)cc3)[NH+]3CCOCC3)cc(=O)oc2c1. The van der Waals surface area contributed by atoms with Gasteiger partial charge in [-0.1, -0.05) is 19.1 Å². The Balaban J connectivity index is 1.52. The minimum absolute atomic E-state index is 0.283. The molecule has 0 bridgehead atoms. The van der Waals surface area contributed by atoms with Gasteiger partial charge in [0.1, 0.15) is 37.5 Å². The van der Waals surface area contributed by atoms with Crippen LogP contribution in [0.3, 0.4) is 0 Å². The molecule has 2 aromatic carbocycles. The van der Waals surface area contributed by atoms with Gasteiger partial charge in [0.2, 0.25) is 0 Å². The Morgan fingerprint density at radius 1 is 1.10 bits per heavy atom. The van der Waals surface area contributed by atoms with Crippen LogP contribution in [0.15, 0.2) is 57.7 Å². The first kappa shape index (κ1) is 21.6. The van der Waals surface area contributed by atoms with E-state index in [0.717, 1.165) is 62.5 Å². The lowest BCUT2D eigenvalue weighted by molar-refractivity contribution is -0.952. The number of quaternary nitrogens is 2. The fourth-order valence-corrected chi connectivity index (χ4v) is 4.43. The van der Waals surface area contributed by atoms with Crippen LogP contribution in [0, 0.1) is 0 Å². The highest BCUT2D eigenvalue weighted by atomic mass is 16.5. The van der Waals surface area contributed by atoms with E-state index in [1.165, 1.54) is 16.0 Å². The van der Waals surface area contributed by atoms with Crippen molar-refractivity contribution in [2.24, 2.45) is 0 Å². The minimum atomic E-state index is -0.283. The molecule has 1 fully saturated rings. The molecule has 1 aliphatic rings. The van der Waals surface area contributed by atoms with Gasteiger partial charge >= 0.3 is 5.63 Å². The summed E-state index contributed by atoms with van der Waals surface area (Å²) in [5.74, 6) is 0.873. The van der Waals surface area contributed by atoms with E-state index in [4.69, 9.17) is 13.9 Å². The molecule has 0 amide bonds. The molecule has 1 aliphatic heterocycles. The van der Waals surface area contributed by atoms with Gasteiger partial charge in [-0.25, -0.2) is 4.79 Å². The maximum Gasteiger partial charge on any atom is 0.336 e. The summed E-state index contributed by atoms with van der Waals surface area (Å²) in [7, 11) is 1.69. The fourth-order valence-electron chi connectivity index (χ4n) is 4.43. The van der Waals surface area contributed by atoms with E-state index in [-0.39, 0.29) is 5.63 Å². The van der Waals surface area contributed by atoms with E-state index >= 15 is 0 Å². The van der Waals surface area contributed by atoms with Crippen molar-refractivity contribution in [2.45, 2.75) is 25.9 Å². The molecule has 1 saturated heterocycles. The monoisotopic (exact) mass is 424 g/mol. The Morgan fingerprint density at radius 3 is 2.58 bits per heavy atom. The van der Waals surface area contributed by atoms with Gasteiger partial charge in [-0.3, -0.25) is 0 Å². The zero-order chi connectivity index (χ0) is 21.6. The molecular formula is C25H32N2O4+2. The maximum absolute atomic E-state index is 12.1. The van der Waals surface area contributed by atoms with Crippen LogP contribution in [0.2, 0.25) is 0 Å². The molecular weight excluding hydrogens is 392 g/mol. The molecule has 164 valence electrons. The highest BCUT2D eigenvalue weighted by molar-refractivity contribution is 5.80. The molecule has 2 heterocycles. The lowest BCUT2D eigenvalue weighted by Gasteiger charge is -2.31. The van der Waals surface area contributed by atoms with Crippen molar-refractivity contribution in [3.63, 3.8) is 0 Å². The number of hydrogen-bond acceptors (Lipinski definition) is 4. The van der Waals surface area contributed by atoms with Gasteiger partial charge < -0.3 is 24.1 Å². The Bertz CT molecular complexity index is 1060. The normalized spacial score (nSPS) is 15.8. The molecule has 0 aliphatic carbocycles. The third-order valence-electron chi connectivity index (χ3n) is 6.22. The standard InChI is InChI=1S/C25H30N2O4/c1-3-18-4-9-22-20(15-25(28)31-24(22)14-18)16-26-17-23(27-10-12-30-13-11-27)19-5-7-21(29-2)8-6-19/h4-9,14-15,23,26H,3,10-13,16-17H2,1-2H3/p+2/t23-/m1/s1. The summed E-state index contributed by atoms with van der Waals surface area (Å²) in [4.78, 5) is 13.7. The third-order valence-corrected chi connectivity index (χ3v) is 6.22. The maximum atomic E-state index is 12.1.